The number of rotatable bonds is 4. The summed E-state index contributed by atoms with van der Waals surface area (Å²) in [5.74, 6) is -1.36. The molecule has 1 N–H and O–H groups in total. The van der Waals surface area contributed by atoms with Gasteiger partial charge < -0.3 is 10.1 Å². The smallest absolute Gasteiger partial charge is 0.318 e. The first-order valence-corrected chi connectivity index (χ1v) is 6.88. The quantitative estimate of drug-likeness (QED) is 0.670. The summed E-state index contributed by atoms with van der Waals surface area (Å²) in [4.78, 5) is 27.9. The van der Waals surface area contributed by atoms with E-state index < -0.39 is 11.9 Å². The van der Waals surface area contributed by atoms with E-state index in [1.165, 1.54) is 18.4 Å². The molecule has 2 rings (SSSR count). The lowest BCUT2D eigenvalue weighted by Crippen LogP contribution is -2.35. The van der Waals surface area contributed by atoms with Crippen molar-refractivity contribution in [3.63, 3.8) is 0 Å². The van der Waals surface area contributed by atoms with E-state index in [4.69, 9.17) is 4.74 Å². The van der Waals surface area contributed by atoms with Gasteiger partial charge in [0.2, 0.25) is 5.91 Å². The highest BCUT2D eigenvalue weighted by Gasteiger charge is 2.37. The van der Waals surface area contributed by atoms with Crippen molar-refractivity contribution < 1.29 is 14.3 Å². The van der Waals surface area contributed by atoms with Gasteiger partial charge in [-0.05, 0) is 18.8 Å². The molecule has 1 atom stereocenters. The van der Waals surface area contributed by atoms with Crippen LogP contribution in [0.15, 0.2) is 11.6 Å². The van der Waals surface area contributed by atoms with Gasteiger partial charge in [-0.25, -0.2) is 4.98 Å². The lowest BCUT2D eigenvalue weighted by molar-refractivity contribution is -0.150. The number of hydrogen-bond acceptors (Lipinski definition) is 5. The number of esters is 1. The average molecular weight is 268 g/mol. The Balaban J connectivity index is 2.07. The number of methoxy groups -OCH3 is 1. The third kappa shape index (κ3) is 2.87. The van der Waals surface area contributed by atoms with E-state index in [2.05, 4.69) is 10.3 Å². The molecule has 1 aliphatic rings. The topological polar surface area (TPSA) is 68.3 Å². The fraction of sp³-hybridized carbons (Fsp3) is 0.583. The Morgan fingerprint density at radius 3 is 2.78 bits per heavy atom. The Morgan fingerprint density at radius 2 is 2.22 bits per heavy atom. The molecule has 0 aliphatic heterocycles. The third-order valence-electron chi connectivity index (χ3n) is 3.27. The van der Waals surface area contributed by atoms with Crippen LogP contribution in [0.1, 0.15) is 25.7 Å². The minimum Gasteiger partial charge on any atom is -0.468 e. The Labute approximate surface area is 110 Å². The SMILES string of the molecule is COC(=O)[C@@H](C(=O)Nc1nccs1)C1CCCC1. The Morgan fingerprint density at radius 1 is 1.50 bits per heavy atom. The van der Waals surface area contributed by atoms with E-state index >= 15 is 0 Å². The summed E-state index contributed by atoms with van der Waals surface area (Å²) in [6.07, 6.45) is 5.57. The van der Waals surface area contributed by atoms with Gasteiger partial charge in [-0.1, -0.05) is 12.8 Å². The molecular formula is C12H16N2O3S. The number of amides is 1. The molecule has 1 heterocycles. The molecule has 5 nitrogen and oxygen atoms in total. The maximum Gasteiger partial charge on any atom is 0.318 e. The van der Waals surface area contributed by atoms with Gasteiger partial charge in [0, 0.05) is 11.6 Å². The Kier molecular flexibility index (Phi) is 4.30. The third-order valence-corrected chi connectivity index (χ3v) is 3.96. The molecule has 1 amide bonds. The minimum atomic E-state index is -0.707. The average Bonchev–Trinajstić information content (AvgIpc) is 3.02. The standard InChI is InChI=1S/C12H16N2O3S/c1-17-11(16)9(8-4-2-3-5-8)10(15)14-12-13-6-7-18-12/h6-9H,2-5H2,1H3,(H,13,14,15)/t9-/m1/s1. The predicted molar refractivity (Wildman–Crippen MR) is 68.2 cm³/mol. The number of hydrogen-bond donors (Lipinski definition) is 1. The van der Waals surface area contributed by atoms with Crippen molar-refractivity contribution in [2.24, 2.45) is 11.8 Å². The van der Waals surface area contributed by atoms with Crippen molar-refractivity contribution >= 4 is 28.3 Å². The summed E-state index contributed by atoms with van der Waals surface area (Å²) in [5, 5.41) is 4.98. The molecule has 18 heavy (non-hydrogen) atoms. The normalized spacial score (nSPS) is 17.4. The van der Waals surface area contributed by atoms with Crippen LogP contribution in [0.3, 0.4) is 0 Å². The Hall–Kier alpha value is -1.43. The van der Waals surface area contributed by atoms with Crippen molar-refractivity contribution in [1.29, 1.82) is 0 Å². The number of ether oxygens (including phenoxy) is 1. The van der Waals surface area contributed by atoms with E-state index in [-0.39, 0.29) is 11.8 Å². The van der Waals surface area contributed by atoms with Gasteiger partial charge in [0.05, 0.1) is 7.11 Å². The van der Waals surface area contributed by atoms with Crippen molar-refractivity contribution in [2.75, 3.05) is 12.4 Å². The van der Waals surface area contributed by atoms with Crippen LogP contribution in [0.4, 0.5) is 5.13 Å². The van der Waals surface area contributed by atoms with E-state index in [1.807, 2.05) is 0 Å². The number of carbonyl (C=O) groups excluding carboxylic acids is 2. The zero-order chi connectivity index (χ0) is 13.0. The summed E-state index contributed by atoms with van der Waals surface area (Å²) in [5.41, 5.74) is 0. The second kappa shape index (κ2) is 5.95. The first-order chi connectivity index (χ1) is 8.72. The van der Waals surface area contributed by atoms with Crippen LogP contribution < -0.4 is 5.32 Å². The highest BCUT2D eigenvalue weighted by atomic mass is 32.1. The van der Waals surface area contributed by atoms with Gasteiger partial charge in [0.15, 0.2) is 5.13 Å². The number of nitrogens with zero attached hydrogens (tertiary/aromatic N) is 1. The second-order valence-electron chi connectivity index (χ2n) is 4.37. The van der Waals surface area contributed by atoms with Crippen LogP contribution in [0.2, 0.25) is 0 Å². The van der Waals surface area contributed by atoms with Crippen LogP contribution >= 0.6 is 11.3 Å². The zero-order valence-corrected chi connectivity index (χ0v) is 11.0. The molecule has 1 fully saturated rings. The van der Waals surface area contributed by atoms with Crippen molar-refractivity contribution in [3.8, 4) is 0 Å². The monoisotopic (exact) mass is 268 g/mol. The van der Waals surface area contributed by atoms with E-state index in [0.717, 1.165) is 25.7 Å². The molecule has 0 radical (unpaired) electrons. The van der Waals surface area contributed by atoms with Gasteiger partial charge in [0.25, 0.3) is 0 Å². The lowest BCUT2D eigenvalue weighted by atomic mass is 9.90. The lowest BCUT2D eigenvalue weighted by Gasteiger charge is -2.19. The van der Waals surface area contributed by atoms with Gasteiger partial charge in [-0.15, -0.1) is 11.3 Å². The van der Waals surface area contributed by atoms with Gasteiger partial charge in [-0.3, -0.25) is 9.59 Å². The molecule has 0 bridgehead atoms. The fourth-order valence-corrected chi connectivity index (χ4v) is 2.93. The summed E-state index contributed by atoms with van der Waals surface area (Å²) >= 11 is 1.34. The van der Waals surface area contributed by atoms with Crippen molar-refractivity contribution in [3.05, 3.63) is 11.6 Å². The van der Waals surface area contributed by atoms with Crippen LogP contribution in [0.25, 0.3) is 0 Å². The molecule has 0 aromatic carbocycles. The van der Waals surface area contributed by atoms with Crippen molar-refractivity contribution in [2.45, 2.75) is 25.7 Å². The van der Waals surface area contributed by atoms with Crippen LogP contribution in [0, 0.1) is 11.8 Å². The van der Waals surface area contributed by atoms with E-state index in [1.54, 1.807) is 11.6 Å². The molecule has 1 aromatic rings. The van der Waals surface area contributed by atoms with Gasteiger partial charge in [-0.2, -0.15) is 0 Å². The van der Waals surface area contributed by atoms with Gasteiger partial charge >= 0.3 is 5.97 Å². The zero-order valence-electron chi connectivity index (χ0n) is 10.2. The van der Waals surface area contributed by atoms with Crippen LogP contribution in [-0.4, -0.2) is 24.0 Å². The number of anilines is 1. The fourth-order valence-electron chi connectivity index (χ4n) is 2.40. The minimum absolute atomic E-state index is 0.0948. The maximum atomic E-state index is 12.2. The van der Waals surface area contributed by atoms with Crippen LogP contribution in [0.5, 0.6) is 0 Å². The molecule has 1 aliphatic carbocycles. The highest BCUT2D eigenvalue weighted by Crippen LogP contribution is 2.33. The molecule has 6 heteroatoms. The van der Waals surface area contributed by atoms with Crippen LogP contribution in [-0.2, 0) is 14.3 Å². The first-order valence-electron chi connectivity index (χ1n) is 6.00. The number of nitrogens with one attached hydrogen (secondary N) is 1. The van der Waals surface area contributed by atoms with E-state index in [0.29, 0.717) is 5.13 Å². The predicted octanol–water partition coefficient (Wildman–Crippen LogP) is 2.06. The maximum absolute atomic E-state index is 12.2. The number of thiazole rings is 1. The van der Waals surface area contributed by atoms with Crippen molar-refractivity contribution in [1.82, 2.24) is 4.98 Å². The molecule has 0 unspecified atom stereocenters. The van der Waals surface area contributed by atoms with Gasteiger partial charge in [0.1, 0.15) is 5.92 Å². The Bertz CT molecular complexity index is 413. The number of aromatic nitrogens is 1. The second-order valence-corrected chi connectivity index (χ2v) is 5.27. The highest BCUT2D eigenvalue weighted by molar-refractivity contribution is 7.13. The summed E-state index contributed by atoms with van der Waals surface area (Å²) < 4.78 is 4.75. The molecular weight excluding hydrogens is 252 g/mol. The molecule has 0 saturated heterocycles. The summed E-state index contributed by atoms with van der Waals surface area (Å²) in [7, 11) is 1.32. The molecule has 1 saturated carbocycles. The summed E-state index contributed by atoms with van der Waals surface area (Å²) in [6.45, 7) is 0. The van der Waals surface area contributed by atoms with E-state index in [9.17, 15) is 9.59 Å². The molecule has 1 aromatic heterocycles. The first kappa shape index (κ1) is 13.0. The molecule has 98 valence electrons. The largest absolute Gasteiger partial charge is 0.468 e. The molecule has 0 spiro atoms. The summed E-state index contributed by atoms with van der Waals surface area (Å²) in [6, 6.07) is 0. The number of carbonyl (C=O) groups is 2.